The van der Waals surface area contributed by atoms with Gasteiger partial charge < -0.3 is 4.57 Å². The minimum atomic E-state index is -0.593. The highest BCUT2D eigenvalue weighted by molar-refractivity contribution is 6.31. The third-order valence-corrected chi connectivity index (χ3v) is 5.10. The fourth-order valence-electron chi connectivity index (χ4n) is 3.64. The third kappa shape index (κ3) is 2.63. The van der Waals surface area contributed by atoms with E-state index in [0.717, 1.165) is 27.3 Å². The first-order valence-electron chi connectivity index (χ1n) is 8.59. The van der Waals surface area contributed by atoms with E-state index < -0.39 is 5.54 Å². The monoisotopic (exact) mass is 358 g/mol. The Kier molecular flexibility index (Phi) is 4.36. The Labute approximate surface area is 158 Å². The summed E-state index contributed by atoms with van der Waals surface area (Å²) in [6, 6.07) is 27.1. The summed E-state index contributed by atoms with van der Waals surface area (Å²) in [4.78, 5) is 4.33. The van der Waals surface area contributed by atoms with Crippen molar-refractivity contribution >= 4 is 11.6 Å². The van der Waals surface area contributed by atoms with Crippen molar-refractivity contribution in [2.75, 3.05) is 0 Å². The fraction of sp³-hybridized carbons (Fsp3) is 0.0870. The molecule has 2 nitrogen and oxygen atoms in total. The van der Waals surface area contributed by atoms with Crippen molar-refractivity contribution < 1.29 is 0 Å². The number of rotatable bonds is 4. The summed E-state index contributed by atoms with van der Waals surface area (Å²) in [6.45, 7) is 2.06. The zero-order valence-corrected chi connectivity index (χ0v) is 15.3. The molecule has 0 atom stereocenters. The zero-order valence-electron chi connectivity index (χ0n) is 14.5. The van der Waals surface area contributed by atoms with Crippen LogP contribution in [-0.2, 0) is 5.54 Å². The number of aromatic nitrogens is 2. The average molecular weight is 359 g/mol. The molecule has 0 aliphatic rings. The Bertz CT molecular complexity index is 954. The van der Waals surface area contributed by atoms with Crippen LogP contribution < -0.4 is 0 Å². The first kappa shape index (κ1) is 16.6. The van der Waals surface area contributed by atoms with E-state index in [2.05, 4.69) is 77.1 Å². The number of imidazole rings is 1. The molecule has 0 spiro atoms. The molecule has 26 heavy (non-hydrogen) atoms. The summed E-state index contributed by atoms with van der Waals surface area (Å²) in [7, 11) is 0. The van der Waals surface area contributed by atoms with Gasteiger partial charge in [0.15, 0.2) is 0 Å². The van der Waals surface area contributed by atoms with Gasteiger partial charge in [0.05, 0.1) is 6.33 Å². The molecule has 0 aliphatic carbocycles. The minimum absolute atomic E-state index is 0.593. The maximum Gasteiger partial charge on any atom is 0.123 e. The molecule has 0 amide bonds. The molecule has 0 bridgehead atoms. The lowest BCUT2D eigenvalue weighted by molar-refractivity contribution is 0.515. The van der Waals surface area contributed by atoms with Gasteiger partial charge in [-0.05, 0) is 29.7 Å². The molecule has 0 saturated carbocycles. The average Bonchev–Trinajstić information content (AvgIpc) is 3.21. The SMILES string of the molecule is Cc1ccc(C(c2ccccc2)(c2ccccc2)n2ccnc2)c(Cl)c1. The van der Waals surface area contributed by atoms with Crippen LogP contribution in [0.1, 0.15) is 22.3 Å². The van der Waals surface area contributed by atoms with Gasteiger partial charge in [0, 0.05) is 23.0 Å². The normalized spacial score (nSPS) is 11.5. The lowest BCUT2D eigenvalue weighted by atomic mass is 9.76. The molecule has 0 N–H and O–H groups in total. The maximum absolute atomic E-state index is 6.80. The van der Waals surface area contributed by atoms with Crippen LogP contribution in [0.3, 0.4) is 0 Å². The first-order chi connectivity index (χ1) is 12.7. The van der Waals surface area contributed by atoms with Gasteiger partial charge in [-0.25, -0.2) is 4.98 Å². The van der Waals surface area contributed by atoms with Gasteiger partial charge >= 0.3 is 0 Å². The van der Waals surface area contributed by atoms with Crippen LogP contribution in [0.5, 0.6) is 0 Å². The maximum atomic E-state index is 6.80. The van der Waals surface area contributed by atoms with Crippen LogP contribution in [-0.4, -0.2) is 9.55 Å². The van der Waals surface area contributed by atoms with E-state index in [9.17, 15) is 0 Å². The number of hydrogen-bond acceptors (Lipinski definition) is 1. The van der Waals surface area contributed by atoms with Crippen molar-refractivity contribution in [1.82, 2.24) is 9.55 Å². The molecule has 0 saturated heterocycles. The Morgan fingerprint density at radius 3 is 1.96 bits per heavy atom. The molecular weight excluding hydrogens is 340 g/mol. The summed E-state index contributed by atoms with van der Waals surface area (Å²) < 4.78 is 2.13. The van der Waals surface area contributed by atoms with Crippen molar-refractivity contribution in [1.29, 1.82) is 0 Å². The zero-order chi connectivity index (χ0) is 18.0. The molecule has 3 aromatic carbocycles. The Morgan fingerprint density at radius 1 is 0.846 bits per heavy atom. The van der Waals surface area contributed by atoms with Crippen molar-refractivity contribution in [3.05, 3.63) is 125 Å². The predicted octanol–water partition coefficient (Wildman–Crippen LogP) is 5.69. The highest BCUT2D eigenvalue weighted by Gasteiger charge is 2.39. The number of nitrogens with zero attached hydrogens (tertiary/aromatic N) is 2. The summed E-state index contributed by atoms with van der Waals surface area (Å²) >= 11 is 6.80. The molecule has 0 fully saturated rings. The predicted molar refractivity (Wildman–Crippen MR) is 107 cm³/mol. The molecule has 1 aromatic heterocycles. The second-order valence-corrected chi connectivity index (χ2v) is 6.80. The number of aryl methyl sites for hydroxylation is 1. The standard InChI is InChI=1S/C23H19ClN2/c1-18-12-13-21(22(24)16-18)23(26-15-14-25-17-26,19-8-4-2-5-9-19)20-10-6-3-7-11-20/h2-17H,1H3. The topological polar surface area (TPSA) is 17.8 Å². The van der Waals surface area contributed by atoms with Crippen molar-refractivity contribution in [2.45, 2.75) is 12.5 Å². The van der Waals surface area contributed by atoms with E-state index in [-0.39, 0.29) is 0 Å². The summed E-state index contributed by atoms with van der Waals surface area (Å²) in [5, 5.41) is 0.742. The van der Waals surface area contributed by atoms with Crippen LogP contribution >= 0.6 is 11.6 Å². The van der Waals surface area contributed by atoms with Gasteiger partial charge in [0.2, 0.25) is 0 Å². The van der Waals surface area contributed by atoms with Gasteiger partial charge in [-0.3, -0.25) is 0 Å². The molecular formula is C23H19ClN2. The van der Waals surface area contributed by atoms with E-state index in [1.165, 1.54) is 0 Å². The molecule has 4 aromatic rings. The van der Waals surface area contributed by atoms with Gasteiger partial charge in [-0.2, -0.15) is 0 Å². The fourth-order valence-corrected chi connectivity index (χ4v) is 4.02. The van der Waals surface area contributed by atoms with E-state index >= 15 is 0 Å². The molecule has 4 rings (SSSR count). The Morgan fingerprint density at radius 2 is 1.46 bits per heavy atom. The second-order valence-electron chi connectivity index (χ2n) is 6.40. The third-order valence-electron chi connectivity index (χ3n) is 4.79. The van der Waals surface area contributed by atoms with Gasteiger partial charge in [-0.1, -0.05) is 84.4 Å². The molecule has 128 valence electrons. The first-order valence-corrected chi connectivity index (χ1v) is 8.97. The summed E-state index contributed by atoms with van der Waals surface area (Å²) in [5.41, 5.74) is 3.84. The van der Waals surface area contributed by atoms with Crippen molar-refractivity contribution in [2.24, 2.45) is 0 Å². The van der Waals surface area contributed by atoms with E-state index in [1.807, 2.05) is 36.9 Å². The van der Waals surface area contributed by atoms with E-state index in [0.29, 0.717) is 0 Å². The summed E-state index contributed by atoms with van der Waals surface area (Å²) in [5.74, 6) is 0. The van der Waals surface area contributed by atoms with Crippen molar-refractivity contribution in [3.8, 4) is 0 Å². The van der Waals surface area contributed by atoms with Crippen LogP contribution in [0.2, 0.25) is 5.02 Å². The molecule has 1 heterocycles. The lowest BCUT2D eigenvalue weighted by Gasteiger charge is -2.38. The van der Waals surface area contributed by atoms with Gasteiger partial charge in [0.1, 0.15) is 5.54 Å². The highest BCUT2D eigenvalue weighted by atomic mass is 35.5. The Hall–Kier alpha value is -2.84. The lowest BCUT2D eigenvalue weighted by Crippen LogP contribution is -2.37. The highest BCUT2D eigenvalue weighted by Crippen LogP contribution is 2.43. The largest absolute Gasteiger partial charge is 0.319 e. The van der Waals surface area contributed by atoms with Crippen LogP contribution in [0.4, 0.5) is 0 Å². The van der Waals surface area contributed by atoms with E-state index in [1.54, 1.807) is 0 Å². The van der Waals surface area contributed by atoms with Crippen LogP contribution in [0, 0.1) is 6.92 Å². The molecule has 0 aliphatic heterocycles. The molecule has 0 unspecified atom stereocenters. The number of hydrogen-bond donors (Lipinski definition) is 0. The Balaban J connectivity index is 2.15. The van der Waals surface area contributed by atoms with Crippen LogP contribution in [0.25, 0.3) is 0 Å². The number of halogens is 1. The van der Waals surface area contributed by atoms with E-state index in [4.69, 9.17) is 11.6 Å². The smallest absolute Gasteiger partial charge is 0.123 e. The summed E-state index contributed by atoms with van der Waals surface area (Å²) in [6.07, 6.45) is 5.66. The van der Waals surface area contributed by atoms with Crippen LogP contribution in [0.15, 0.2) is 97.6 Å². The minimum Gasteiger partial charge on any atom is -0.319 e. The van der Waals surface area contributed by atoms with Gasteiger partial charge in [0.25, 0.3) is 0 Å². The molecule has 0 radical (unpaired) electrons. The molecule has 3 heteroatoms. The van der Waals surface area contributed by atoms with Crippen molar-refractivity contribution in [3.63, 3.8) is 0 Å². The number of benzene rings is 3. The second kappa shape index (κ2) is 6.81. The van der Waals surface area contributed by atoms with Gasteiger partial charge in [-0.15, -0.1) is 0 Å². The quantitative estimate of drug-likeness (QED) is 0.429.